The molecule has 0 bridgehead atoms. The van der Waals surface area contributed by atoms with Gasteiger partial charge in [-0.05, 0) is 69.7 Å². The number of benzene rings is 1. The molecule has 0 atom stereocenters. The Bertz CT molecular complexity index is 698. The molecule has 25 heavy (non-hydrogen) atoms. The van der Waals surface area contributed by atoms with Crippen molar-refractivity contribution in [3.05, 3.63) is 77.6 Å². The number of rotatable bonds is 9. The molecule has 132 valence electrons. The topological polar surface area (TPSA) is 35.8 Å². The van der Waals surface area contributed by atoms with Crippen LogP contribution in [-0.2, 0) is 0 Å². The normalized spacial score (nSPS) is 11.6. The van der Waals surface area contributed by atoms with E-state index < -0.39 is 0 Å². The van der Waals surface area contributed by atoms with E-state index in [2.05, 4.69) is 63.5 Å². The van der Waals surface area contributed by atoms with Gasteiger partial charge in [-0.1, -0.05) is 35.4 Å². The first-order valence-electron chi connectivity index (χ1n) is 8.73. The van der Waals surface area contributed by atoms with Crippen LogP contribution in [-0.4, -0.2) is 0 Å². The van der Waals surface area contributed by atoms with Crippen LogP contribution in [0.1, 0.15) is 57.1 Å². The summed E-state index contributed by atoms with van der Waals surface area (Å²) in [6, 6.07) is 8.55. The molecule has 0 fully saturated rings. The van der Waals surface area contributed by atoms with Crippen molar-refractivity contribution in [2.24, 2.45) is 0 Å². The van der Waals surface area contributed by atoms with Crippen LogP contribution in [0.25, 0.3) is 0 Å². The van der Waals surface area contributed by atoms with Gasteiger partial charge in [-0.2, -0.15) is 5.26 Å². The molecular weight excluding hydrogens is 304 g/mol. The van der Waals surface area contributed by atoms with Crippen molar-refractivity contribution in [2.75, 3.05) is 5.32 Å². The van der Waals surface area contributed by atoms with E-state index in [0.29, 0.717) is 12.3 Å². The first-order valence-corrected chi connectivity index (χ1v) is 8.73. The van der Waals surface area contributed by atoms with E-state index in [1.54, 1.807) is 0 Å². The summed E-state index contributed by atoms with van der Waals surface area (Å²) in [5, 5.41) is 12.5. The first kappa shape index (κ1) is 20.5. The Labute approximate surface area is 153 Å². The van der Waals surface area contributed by atoms with E-state index in [4.69, 9.17) is 5.26 Å². The van der Waals surface area contributed by atoms with E-state index in [9.17, 15) is 0 Å². The maximum absolute atomic E-state index is 9.05. The monoisotopic (exact) mass is 334 g/mol. The molecule has 0 unspecified atom stereocenters. The largest absolute Gasteiger partial charge is 0.358 e. The molecule has 0 radical (unpaired) electrons. The fourth-order valence-electron chi connectivity index (χ4n) is 2.98. The minimum absolute atomic E-state index is 0.356. The number of nitriles is 1. The van der Waals surface area contributed by atoms with E-state index in [1.807, 2.05) is 25.2 Å². The van der Waals surface area contributed by atoms with Crippen LogP contribution >= 0.6 is 0 Å². The zero-order valence-electron chi connectivity index (χ0n) is 16.0. The van der Waals surface area contributed by atoms with E-state index in [1.165, 1.54) is 22.3 Å². The molecule has 1 rings (SSSR count). The van der Waals surface area contributed by atoms with Gasteiger partial charge >= 0.3 is 0 Å². The molecule has 1 N–H and O–H groups in total. The summed E-state index contributed by atoms with van der Waals surface area (Å²) < 4.78 is 0. The second-order valence-corrected chi connectivity index (χ2v) is 6.72. The molecule has 0 aliphatic rings. The lowest BCUT2D eigenvalue weighted by atomic mass is 9.85. The predicted octanol–water partition coefficient (Wildman–Crippen LogP) is 6.80. The Hall–Kier alpha value is -2.53. The summed E-state index contributed by atoms with van der Waals surface area (Å²) in [5.41, 5.74) is 6.86. The highest BCUT2D eigenvalue weighted by Gasteiger charge is 2.16. The van der Waals surface area contributed by atoms with Crippen molar-refractivity contribution in [2.45, 2.75) is 52.9 Å². The molecule has 0 aliphatic carbocycles. The number of nitrogens with one attached hydrogen (secondary N) is 1. The van der Waals surface area contributed by atoms with Gasteiger partial charge in [-0.25, -0.2) is 0 Å². The standard InChI is InChI=1S/C23H30N2/c1-7-8-10-21(13-14-24)25-23-12-9-11-22(19(23)6)20(15-17(2)3)16-18(4)5/h7-12,20,25H,2,4,13,15-16H2,1,3,5-6H3/b8-7-,21-10+. The Kier molecular flexibility index (Phi) is 8.50. The summed E-state index contributed by atoms with van der Waals surface area (Å²) in [6.07, 6.45) is 8.12. The second kappa shape index (κ2) is 10.4. The van der Waals surface area contributed by atoms with Crippen molar-refractivity contribution >= 4 is 5.69 Å². The average Bonchev–Trinajstić information content (AvgIpc) is 2.53. The smallest absolute Gasteiger partial charge is 0.0752 e. The summed E-state index contributed by atoms with van der Waals surface area (Å²) in [7, 11) is 0. The van der Waals surface area contributed by atoms with Crippen molar-refractivity contribution in [1.29, 1.82) is 5.26 Å². The van der Waals surface area contributed by atoms with Crippen LogP contribution in [0.4, 0.5) is 5.69 Å². The summed E-state index contributed by atoms with van der Waals surface area (Å²) >= 11 is 0. The zero-order valence-corrected chi connectivity index (χ0v) is 16.0. The van der Waals surface area contributed by atoms with Crippen LogP contribution in [0.15, 0.2) is 66.4 Å². The lowest BCUT2D eigenvalue weighted by Crippen LogP contribution is -2.06. The van der Waals surface area contributed by atoms with Gasteiger partial charge in [-0.15, -0.1) is 13.2 Å². The maximum Gasteiger partial charge on any atom is 0.0752 e. The molecular formula is C23H30N2. The highest BCUT2D eigenvalue weighted by atomic mass is 14.9. The lowest BCUT2D eigenvalue weighted by Gasteiger charge is -2.22. The molecule has 0 heterocycles. The summed E-state index contributed by atoms with van der Waals surface area (Å²) in [6.45, 7) is 16.4. The minimum atomic E-state index is 0.356. The molecule has 0 saturated heterocycles. The van der Waals surface area contributed by atoms with E-state index >= 15 is 0 Å². The van der Waals surface area contributed by atoms with Crippen LogP contribution in [0, 0.1) is 18.3 Å². The molecule has 0 saturated carbocycles. The fraction of sp³-hybridized carbons (Fsp3) is 0.348. The second-order valence-electron chi connectivity index (χ2n) is 6.72. The SMILES string of the molecule is C=C(C)CC(CC(=C)C)c1cccc(N/C(=C/C=C\C)CC#N)c1C. The third-order valence-corrected chi connectivity index (χ3v) is 4.06. The lowest BCUT2D eigenvalue weighted by molar-refractivity contribution is 0.669. The van der Waals surface area contributed by atoms with Gasteiger partial charge in [0.1, 0.15) is 0 Å². The van der Waals surface area contributed by atoms with Crippen molar-refractivity contribution in [1.82, 2.24) is 0 Å². The van der Waals surface area contributed by atoms with Crippen LogP contribution in [0.5, 0.6) is 0 Å². The van der Waals surface area contributed by atoms with Gasteiger partial charge in [0, 0.05) is 11.4 Å². The Balaban J connectivity index is 3.20. The van der Waals surface area contributed by atoms with E-state index in [-0.39, 0.29) is 0 Å². The molecule has 2 heteroatoms. The van der Waals surface area contributed by atoms with Gasteiger partial charge in [0.2, 0.25) is 0 Å². The van der Waals surface area contributed by atoms with Gasteiger partial charge in [0.25, 0.3) is 0 Å². The molecule has 1 aromatic rings. The highest BCUT2D eigenvalue weighted by Crippen LogP contribution is 2.34. The zero-order chi connectivity index (χ0) is 18.8. The van der Waals surface area contributed by atoms with Crippen LogP contribution in [0.2, 0.25) is 0 Å². The predicted molar refractivity (Wildman–Crippen MR) is 110 cm³/mol. The van der Waals surface area contributed by atoms with Crippen LogP contribution < -0.4 is 5.32 Å². The number of anilines is 1. The highest BCUT2D eigenvalue weighted by molar-refractivity contribution is 5.58. The van der Waals surface area contributed by atoms with Crippen molar-refractivity contribution in [3.8, 4) is 6.07 Å². The molecule has 0 amide bonds. The number of nitrogens with zero attached hydrogens (tertiary/aromatic N) is 1. The summed E-state index contributed by atoms with van der Waals surface area (Å²) in [5.74, 6) is 0.385. The number of hydrogen-bond donors (Lipinski definition) is 1. The molecule has 1 aromatic carbocycles. The summed E-state index contributed by atoms with van der Waals surface area (Å²) in [4.78, 5) is 0. The van der Waals surface area contributed by atoms with Gasteiger partial charge in [0.15, 0.2) is 0 Å². The average molecular weight is 335 g/mol. The molecule has 0 spiro atoms. The molecule has 2 nitrogen and oxygen atoms in total. The Morgan fingerprint density at radius 3 is 2.40 bits per heavy atom. The van der Waals surface area contributed by atoms with Gasteiger partial charge in [-0.3, -0.25) is 0 Å². The number of allylic oxidation sites excluding steroid dienone is 6. The molecule has 0 aliphatic heterocycles. The quantitative estimate of drug-likeness (QED) is 0.398. The van der Waals surface area contributed by atoms with Crippen LogP contribution in [0.3, 0.4) is 0 Å². The molecule has 0 aromatic heterocycles. The maximum atomic E-state index is 9.05. The van der Waals surface area contributed by atoms with Crippen molar-refractivity contribution in [3.63, 3.8) is 0 Å². The Morgan fingerprint density at radius 2 is 1.88 bits per heavy atom. The van der Waals surface area contributed by atoms with Crippen molar-refractivity contribution < 1.29 is 0 Å². The third-order valence-electron chi connectivity index (χ3n) is 4.06. The Morgan fingerprint density at radius 1 is 1.24 bits per heavy atom. The third kappa shape index (κ3) is 6.85. The number of hydrogen-bond acceptors (Lipinski definition) is 2. The first-order chi connectivity index (χ1) is 11.9. The fourth-order valence-corrected chi connectivity index (χ4v) is 2.98. The van der Waals surface area contributed by atoms with Gasteiger partial charge in [0.05, 0.1) is 12.5 Å². The van der Waals surface area contributed by atoms with Gasteiger partial charge < -0.3 is 5.32 Å². The van der Waals surface area contributed by atoms with E-state index in [0.717, 1.165) is 24.2 Å². The minimum Gasteiger partial charge on any atom is -0.358 e.